The third-order valence-corrected chi connectivity index (χ3v) is 3.05. The van der Waals surface area contributed by atoms with Gasteiger partial charge in [-0.15, -0.1) is 6.58 Å². The molecule has 0 bridgehead atoms. The molecule has 0 radical (unpaired) electrons. The van der Waals surface area contributed by atoms with Crippen molar-refractivity contribution in [2.45, 2.75) is 26.0 Å². The molecular formula is C14H18O2S. The number of carbonyl (C=O) groups excluding carboxylic acids is 1. The van der Waals surface area contributed by atoms with Gasteiger partial charge in [-0.2, -0.15) is 0 Å². The van der Waals surface area contributed by atoms with Crippen LogP contribution in [0.4, 0.5) is 0 Å². The molecule has 92 valence electrons. The van der Waals surface area contributed by atoms with Crippen molar-refractivity contribution in [3.8, 4) is 5.75 Å². The molecule has 0 spiro atoms. The first-order chi connectivity index (χ1) is 8.08. The molecule has 0 saturated carbocycles. The summed E-state index contributed by atoms with van der Waals surface area (Å²) in [7, 11) is 0. The van der Waals surface area contributed by atoms with Gasteiger partial charge >= 0.3 is 0 Å². The molecule has 3 heteroatoms. The number of rotatable bonds is 6. The maximum atomic E-state index is 10.8. The molecule has 0 fully saturated rings. The van der Waals surface area contributed by atoms with Gasteiger partial charge in [0.2, 0.25) is 0 Å². The van der Waals surface area contributed by atoms with Crippen LogP contribution in [-0.2, 0) is 10.5 Å². The van der Waals surface area contributed by atoms with E-state index in [1.165, 1.54) is 11.8 Å². The predicted molar refractivity (Wildman–Crippen MR) is 73.3 cm³/mol. The minimum Gasteiger partial charge on any atom is -0.493 e. The molecule has 0 aliphatic rings. The summed E-state index contributed by atoms with van der Waals surface area (Å²) in [4.78, 5) is 10.8. The van der Waals surface area contributed by atoms with Crippen LogP contribution >= 0.6 is 11.8 Å². The SMILES string of the molecule is C=C(C)CCOc1ccc(CSC(C)=O)cc1. The molecule has 0 aliphatic carbocycles. The summed E-state index contributed by atoms with van der Waals surface area (Å²) in [6, 6.07) is 7.86. The monoisotopic (exact) mass is 250 g/mol. The van der Waals surface area contributed by atoms with E-state index in [2.05, 4.69) is 6.58 Å². The lowest BCUT2D eigenvalue weighted by molar-refractivity contribution is -0.109. The molecule has 17 heavy (non-hydrogen) atoms. The molecule has 1 rings (SSSR count). The van der Waals surface area contributed by atoms with Crippen molar-refractivity contribution in [2.75, 3.05) is 6.61 Å². The Morgan fingerprint density at radius 3 is 2.47 bits per heavy atom. The normalized spacial score (nSPS) is 10.0. The molecular weight excluding hydrogens is 232 g/mol. The number of hydrogen-bond donors (Lipinski definition) is 0. The van der Waals surface area contributed by atoms with E-state index in [0.717, 1.165) is 29.1 Å². The molecule has 0 aliphatic heterocycles. The van der Waals surface area contributed by atoms with E-state index >= 15 is 0 Å². The quantitative estimate of drug-likeness (QED) is 0.718. The zero-order valence-corrected chi connectivity index (χ0v) is 11.2. The largest absolute Gasteiger partial charge is 0.493 e. The fourth-order valence-electron chi connectivity index (χ4n) is 1.21. The highest BCUT2D eigenvalue weighted by Gasteiger charge is 1.98. The highest BCUT2D eigenvalue weighted by Crippen LogP contribution is 2.17. The van der Waals surface area contributed by atoms with Crippen LogP contribution in [-0.4, -0.2) is 11.7 Å². The molecule has 0 unspecified atom stereocenters. The first-order valence-electron chi connectivity index (χ1n) is 5.57. The van der Waals surface area contributed by atoms with Gasteiger partial charge in [0.15, 0.2) is 5.12 Å². The number of benzene rings is 1. The molecule has 0 atom stereocenters. The Labute approximate surface area is 107 Å². The van der Waals surface area contributed by atoms with Crippen molar-refractivity contribution >= 4 is 16.9 Å². The Morgan fingerprint density at radius 2 is 1.94 bits per heavy atom. The van der Waals surface area contributed by atoms with E-state index in [9.17, 15) is 4.79 Å². The standard InChI is InChI=1S/C14H18O2S/c1-11(2)8-9-16-14-6-4-13(5-7-14)10-17-12(3)15/h4-7H,1,8-10H2,2-3H3. The molecule has 1 aromatic rings. The van der Waals surface area contributed by atoms with Crippen LogP contribution < -0.4 is 4.74 Å². The smallest absolute Gasteiger partial charge is 0.186 e. The minimum absolute atomic E-state index is 0.145. The second kappa shape index (κ2) is 7.17. The lowest BCUT2D eigenvalue weighted by Crippen LogP contribution is -1.97. The summed E-state index contributed by atoms with van der Waals surface area (Å²) in [5.74, 6) is 1.59. The maximum Gasteiger partial charge on any atom is 0.186 e. The highest BCUT2D eigenvalue weighted by atomic mass is 32.2. The first kappa shape index (κ1) is 13.8. The molecule has 1 aromatic carbocycles. The summed E-state index contributed by atoms with van der Waals surface area (Å²) in [6.45, 7) is 8.06. The van der Waals surface area contributed by atoms with Gasteiger partial charge < -0.3 is 4.74 Å². The van der Waals surface area contributed by atoms with Crippen LogP contribution in [0.2, 0.25) is 0 Å². The van der Waals surface area contributed by atoms with E-state index in [1.54, 1.807) is 6.92 Å². The van der Waals surface area contributed by atoms with Gasteiger partial charge in [-0.1, -0.05) is 29.5 Å². The van der Waals surface area contributed by atoms with E-state index < -0.39 is 0 Å². The molecule has 0 N–H and O–H groups in total. The topological polar surface area (TPSA) is 26.3 Å². The van der Waals surface area contributed by atoms with Gasteiger partial charge in [-0.25, -0.2) is 0 Å². The average molecular weight is 250 g/mol. The van der Waals surface area contributed by atoms with Gasteiger partial charge in [-0.3, -0.25) is 4.79 Å². The Hall–Kier alpha value is -1.22. The number of hydrogen-bond acceptors (Lipinski definition) is 3. The first-order valence-corrected chi connectivity index (χ1v) is 6.56. The number of thioether (sulfide) groups is 1. The average Bonchev–Trinajstić information content (AvgIpc) is 2.27. The molecule has 0 heterocycles. The van der Waals surface area contributed by atoms with Crippen molar-refractivity contribution in [1.82, 2.24) is 0 Å². The van der Waals surface area contributed by atoms with Gasteiger partial charge in [0.05, 0.1) is 6.61 Å². The number of ether oxygens (including phenoxy) is 1. The molecule has 0 saturated heterocycles. The third kappa shape index (κ3) is 6.17. The third-order valence-electron chi connectivity index (χ3n) is 2.16. The highest BCUT2D eigenvalue weighted by molar-refractivity contribution is 8.12. The second-order valence-corrected chi connectivity index (χ2v) is 5.13. The van der Waals surface area contributed by atoms with Gasteiger partial charge in [-0.05, 0) is 24.6 Å². The van der Waals surface area contributed by atoms with Crippen molar-refractivity contribution in [3.05, 3.63) is 42.0 Å². The predicted octanol–water partition coefficient (Wildman–Crippen LogP) is 3.81. The Balaban J connectivity index is 2.39. The minimum atomic E-state index is 0.145. The second-order valence-electron chi connectivity index (χ2n) is 3.98. The number of carbonyl (C=O) groups is 1. The molecule has 2 nitrogen and oxygen atoms in total. The van der Waals surface area contributed by atoms with Crippen molar-refractivity contribution < 1.29 is 9.53 Å². The van der Waals surface area contributed by atoms with Crippen molar-refractivity contribution in [2.24, 2.45) is 0 Å². The summed E-state index contributed by atoms with van der Waals surface area (Å²) >= 11 is 1.32. The summed E-state index contributed by atoms with van der Waals surface area (Å²) in [5, 5.41) is 0.145. The zero-order valence-electron chi connectivity index (χ0n) is 10.4. The fourth-order valence-corrected chi connectivity index (χ4v) is 1.77. The van der Waals surface area contributed by atoms with Crippen LogP contribution in [0.1, 0.15) is 25.8 Å². The van der Waals surface area contributed by atoms with E-state index in [0.29, 0.717) is 6.61 Å². The Bertz CT molecular complexity index is 382. The van der Waals surface area contributed by atoms with Gasteiger partial charge in [0.1, 0.15) is 5.75 Å². The Morgan fingerprint density at radius 1 is 1.29 bits per heavy atom. The van der Waals surface area contributed by atoms with Crippen molar-refractivity contribution in [1.29, 1.82) is 0 Å². The fraction of sp³-hybridized carbons (Fsp3) is 0.357. The molecule has 0 amide bonds. The maximum absolute atomic E-state index is 10.8. The van der Waals surface area contributed by atoms with Crippen LogP contribution in [0.5, 0.6) is 5.75 Å². The van der Waals surface area contributed by atoms with Crippen LogP contribution in [0.3, 0.4) is 0 Å². The van der Waals surface area contributed by atoms with E-state index in [4.69, 9.17) is 4.74 Å². The van der Waals surface area contributed by atoms with E-state index in [1.807, 2.05) is 31.2 Å². The zero-order chi connectivity index (χ0) is 12.7. The Kier molecular flexibility index (Phi) is 5.84. The lowest BCUT2D eigenvalue weighted by Gasteiger charge is -2.06. The molecule has 0 aromatic heterocycles. The van der Waals surface area contributed by atoms with Crippen LogP contribution in [0.25, 0.3) is 0 Å². The van der Waals surface area contributed by atoms with E-state index in [-0.39, 0.29) is 5.12 Å². The van der Waals surface area contributed by atoms with Gasteiger partial charge in [0.25, 0.3) is 0 Å². The van der Waals surface area contributed by atoms with Gasteiger partial charge in [0, 0.05) is 19.1 Å². The van der Waals surface area contributed by atoms with Crippen LogP contribution in [0.15, 0.2) is 36.4 Å². The summed E-state index contributed by atoms with van der Waals surface area (Å²) in [6.07, 6.45) is 0.877. The lowest BCUT2D eigenvalue weighted by atomic mass is 10.2. The summed E-state index contributed by atoms with van der Waals surface area (Å²) < 4.78 is 5.56. The summed E-state index contributed by atoms with van der Waals surface area (Å²) in [5.41, 5.74) is 2.26. The van der Waals surface area contributed by atoms with Crippen molar-refractivity contribution in [3.63, 3.8) is 0 Å². The van der Waals surface area contributed by atoms with Crippen LogP contribution in [0, 0.1) is 0 Å².